The number of nitrogens with one attached hydrogen (secondary N) is 1. The van der Waals surface area contributed by atoms with Crippen LogP contribution in [-0.2, 0) is 0 Å². The summed E-state index contributed by atoms with van der Waals surface area (Å²) in [5.74, 6) is 0.830. The van der Waals surface area contributed by atoms with Gasteiger partial charge < -0.3 is 0 Å². The van der Waals surface area contributed by atoms with Crippen molar-refractivity contribution in [1.82, 2.24) is 14.9 Å². The lowest BCUT2D eigenvalue weighted by molar-refractivity contribution is 0.473. The monoisotopic (exact) mass is 215 g/mol. The molecule has 1 aliphatic rings. The van der Waals surface area contributed by atoms with Crippen molar-refractivity contribution in [2.75, 3.05) is 0 Å². The molecule has 2 aromatic rings. The van der Waals surface area contributed by atoms with E-state index in [-0.39, 0.29) is 17.8 Å². The molecule has 0 aliphatic carbocycles. The van der Waals surface area contributed by atoms with Crippen molar-refractivity contribution in [3.63, 3.8) is 0 Å². The van der Waals surface area contributed by atoms with Gasteiger partial charge in [-0.15, -0.1) is 0 Å². The summed E-state index contributed by atoms with van der Waals surface area (Å²) in [6, 6.07) is 7.62. The fraction of sp³-hybridized carbons (Fsp3) is 0.333. The third kappa shape index (κ3) is 1.13. The predicted molar refractivity (Wildman–Crippen MR) is 62.3 cm³/mol. The lowest BCUT2D eigenvalue weighted by Gasteiger charge is -2.08. The summed E-state index contributed by atoms with van der Waals surface area (Å²) in [7, 11) is 0. The van der Waals surface area contributed by atoms with Crippen LogP contribution in [0.5, 0.6) is 0 Å². The van der Waals surface area contributed by atoms with E-state index in [2.05, 4.69) is 10.3 Å². The number of nitrogens with zero attached hydrogens (tertiary/aromatic N) is 2. The lowest BCUT2D eigenvalue weighted by atomic mass is 10.2. The summed E-state index contributed by atoms with van der Waals surface area (Å²) < 4.78 is 1.74. The first-order valence-corrected chi connectivity index (χ1v) is 5.45. The summed E-state index contributed by atoms with van der Waals surface area (Å²) in [5.41, 5.74) is 0.825. The highest BCUT2D eigenvalue weighted by atomic mass is 16.1. The van der Waals surface area contributed by atoms with Gasteiger partial charge in [-0.1, -0.05) is 12.1 Å². The Balaban J connectivity index is 2.45. The van der Waals surface area contributed by atoms with Crippen molar-refractivity contribution >= 4 is 10.9 Å². The van der Waals surface area contributed by atoms with Gasteiger partial charge in [-0.2, -0.15) is 0 Å². The van der Waals surface area contributed by atoms with E-state index in [9.17, 15) is 4.79 Å². The van der Waals surface area contributed by atoms with Crippen LogP contribution in [-0.4, -0.2) is 9.55 Å². The van der Waals surface area contributed by atoms with Crippen LogP contribution in [0.1, 0.15) is 31.9 Å². The van der Waals surface area contributed by atoms with Crippen molar-refractivity contribution < 1.29 is 0 Å². The Morgan fingerprint density at radius 3 is 2.88 bits per heavy atom. The molecule has 0 saturated heterocycles. The zero-order valence-corrected chi connectivity index (χ0v) is 9.27. The number of fused-ring (bicyclic) bond motifs is 2. The maximum Gasteiger partial charge on any atom is 0.262 e. The molecular weight excluding hydrogens is 202 g/mol. The molecule has 2 heterocycles. The van der Waals surface area contributed by atoms with Crippen LogP contribution >= 0.6 is 0 Å². The first-order chi connectivity index (χ1) is 7.68. The molecule has 1 aromatic carbocycles. The molecular formula is C12H13N3O. The molecule has 82 valence electrons. The minimum Gasteiger partial charge on any atom is -0.287 e. The molecule has 0 radical (unpaired) electrons. The Bertz CT molecular complexity index is 617. The summed E-state index contributed by atoms with van der Waals surface area (Å²) >= 11 is 0. The molecule has 0 fully saturated rings. The highest BCUT2D eigenvalue weighted by molar-refractivity contribution is 5.77. The average molecular weight is 215 g/mol. The van der Waals surface area contributed by atoms with E-state index >= 15 is 0 Å². The fourth-order valence-electron chi connectivity index (χ4n) is 2.35. The molecule has 1 unspecified atom stereocenters. The topological polar surface area (TPSA) is 46.9 Å². The fourth-order valence-corrected chi connectivity index (χ4v) is 2.35. The summed E-state index contributed by atoms with van der Waals surface area (Å²) in [4.78, 5) is 16.8. The van der Waals surface area contributed by atoms with Crippen molar-refractivity contribution in [1.29, 1.82) is 0 Å². The quantitative estimate of drug-likeness (QED) is 0.725. The molecule has 1 aliphatic heterocycles. The summed E-state index contributed by atoms with van der Waals surface area (Å²) in [5, 5.41) is 3.99. The second-order valence-corrected chi connectivity index (χ2v) is 4.23. The van der Waals surface area contributed by atoms with E-state index in [1.54, 1.807) is 4.57 Å². The Morgan fingerprint density at radius 1 is 1.31 bits per heavy atom. The van der Waals surface area contributed by atoms with Gasteiger partial charge >= 0.3 is 0 Å². The number of hydrogen-bond acceptors (Lipinski definition) is 3. The highest BCUT2D eigenvalue weighted by Crippen LogP contribution is 2.23. The normalized spacial score (nSPS) is 23.6. The molecule has 0 bridgehead atoms. The number of hydrogen-bond donors (Lipinski definition) is 1. The van der Waals surface area contributed by atoms with E-state index in [1.807, 2.05) is 38.1 Å². The molecule has 1 aromatic heterocycles. The van der Waals surface area contributed by atoms with Gasteiger partial charge in [0.15, 0.2) is 0 Å². The smallest absolute Gasteiger partial charge is 0.262 e. The molecule has 4 heteroatoms. The SMILES string of the molecule is CC1N[C@@H](C)n2c1nc1ccccc1c2=O. The Hall–Kier alpha value is -1.68. The second kappa shape index (κ2) is 3.15. The minimum absolute atomic E-state index is 0.0228. The Kier molecular flexibility index (Phi) is 1.88. The van der Waals surface area contributed by atoms with Crippen LogP contribution in [0.2, 0.25) is 0 Å². The lowest BCUT2D eigenvalue weighted by Crippen LogP contribution is -2.25. The van der Waals surface area contributed by atoms with Gasteiger partial charge in [0, 0.05) is 0 Å². The van der Waals surface area contributed by atoms with Crippen molar-refractivity contribution in [2.45, 2.75) is 26.1 Å². The molecule has 1 N–H and O–H groups in total. The largest absolute Gasteiger partial charge is 0.287 e. The van der Waals surface area contributed by atoms with Gasteiger partial charge in [0.1, 0.15) is 5.82 Å². The maximum atomic E-state index is 12.3. The van der Waals surface area contributed by atoms with Crippen LogP contribution in [0.15, 0.2) is 29.1 Å². The molecule has 0 saturated carbocycles. The maximum absolute atomic E-state index is 12.3. The molecule has 0 amide bonds. The molecule has 4 nitrogen and oxygen atoms in total. The number of benzene rings is 1. The van der Waals surface area contributed by atoms with Gasteiger partial charge in [-0.05, 0) is 26.0 Å². The standard InChI is InChI=1S/C12H13N3O/c1-7-11-14-10-6-4-3-5-9(10)12(16)15(11)8(2)13-7/h3-8,13H,1-2H3/t7?,8-/m1/s1. The molecule has 2 atom stereocenters. The van der Waals surface area contributed by atoms with Gasteiger partial charge in [0.2, 0.25) is 0 Å². The van der Waals surface area contributed by atoms with E-state index in [1.165, 1.54) is 0 Å². The number of para-hydroxylation sites is 1. The van der Waals surface area contributed by atoms with Crippen LogP contribution < -0.4 is 10.9 Å². The van der Waals surface area contributed by atoms with Gasteiger partial charge in [-0.25, -0.2) is 4.98 Å². The molecule has 16 heavy (non-hydrogen) atoms. The number of rotatable bonds is 0. The van der Waals surface area contributed by atoms with Gasteiger partial charge in [-0.3, -0.25) is 14.7 Å². The summed E-state index contributed by atoms with van der Waals surface area (Å²) in [6.07, 6.45) is 0.0228. The van der Waals surface area contributed by atoms with Crippen LogP contribution in [0.4, 0.5) is 0 Å². The van der Waals surface area contributed by atoms with Crippen LogP contribution in [0.25, 0.3) is 10.9 Å². The zero-order chi connectivity index (χ0) is 11.3. The highest BCUT2D eigenvalue weighted by Gasteiger charge is 2.27. The summed E-state index contributed by atoms with van der Waals surface area (Å²) in [6.45, 7) is 4.00. The van der Waals surface area contributed by atoms with Crippen molar-refractivity contribution in [3.05, 3.63) is 40.4 Å². The van der Waals surface area contributed by atoms with E-state index in [0.29, 0.717) is 5.39 Å². The van der Waals surface area contributed by atoms with Crippen LogP contribution in [0.3, 0.4) is 0 Å². The van der Waals surface area contributed by atoms with Gasteiger partial charge in [0.25, 0.3) is 5.56 Å². The molecule has 0 spiro atoms. The van der Waals surface area contributed by atoms with E-state index in [0.717, 1.165) is 11.3 Å². The predicted octanol–water partition coefficient (Wildman–Crippen LogP) is 1.58. The van der Waals surface area contributed by atoms with Gasteiger partial charge in [0.05, 0.1) is 23.1 Å². The van der Waals surface area contributed by atoms with Crippen molar-refractivity contribution in [3.8, 4) is 0 Å². The average Bonchev–Trinajstić information content (AvgIpc) is 2.55. The van der Waals surface area contributed by atoms with Crippen LogP contribution in [0, 0.1) is 0 Å². The Morgan fingerprint density at radius 2 is 2.06 bits per heavy atom. The van der Waals surface area contributed by atoms with E-state index < -0.39 is 0 Å². The first-order valence-electron chi connectivity index (χ1n) is 5.45. The van der Waals surface area contributed by atoms with Crippen molar-refractivity contribution in [2.24, 2.45) is 0 Å². The first kappa shape index (κ1) is 9.54. The zero-order valence-electron chi connectivity index (χ0n) is 9.27. The van der Waals surface area contributed by atoms with E-state index in [4.69, 9.17) is 0 Å². The Labute approximate surface area is 92.9 Å². The third-order valence-corrected chi connectivity index (χ3v) is 3.10. The minimum atomic E-state index is 0.0228. The molecule has 3 rings (SSSR count). The third-order valence-electron chi connectivity index (χ3n) is 3.10. The second-order valence-electron chi connectivity index (χ2n) is 4.23. The number of aromatic nitrogens is 2.